The molecule has 226 valence electrons. The molecule has 0 aromatic heterocycles. The van der Waals surface area contributed by atoms with Crippen molar-refractivity contribution >= 4 is 18.0 Å². The number of hydrogen-bond acceptors (Lipinski definition) is 9. The Morgan fingerprint density at radius 2 is 1.70 bits per heavy atom. The Labute approximate surface area is 238 Å². The van der Waals surface area contributed by atoms with E-state index in [0.717, 1.165) is 24.2 Å². The fourth-order valence-corrected chi connectivity index (χ4v) is 4.01. The van der Waals surface area contributed by atoms with Crippen LogP contribution in [0, 0.1) is 12.3 Å². The highest BCUT2D eigenvalue weighted by Gasteiger charge is 2.51. The lowest BCUT2D eigenvalue weighted by Gasteiger charge is -2.36. The average molecular weight is 567 g/mol. The summed E-state index contributed by atoms with van der Waals surface area (Å²) in [7, 11) is 1.79. The van der Waals surface area contributed by atoms with Gasteiger partial charge in [-0.15, -0.1) is 12.3 Å². The number of esters is 2. The van der Waals surface area contributed by atoms with Gasteiger partial charge in [0.15, 0.2) is 5.79 Å². The average Bonchev–Trinajstić information content (AvgIpc) is 2.88. The summed E-state index contributed by atoms with van der Waals surface area (Å²) < 4.78 is 22.1. The number of nitrogens with zero attached hydrogens (tertiary/aromatic N) is 2. The van der Waals surface area contributed by atoms with Crippen LogP contribution in [0.4, 0.5) is 4.79 Å². The van der Waals surface area contributed by atoms with Crippen molar-refractivity contribution in [2.45, 2.75) is 84.2 Å². The molecule has 1 aliphatic carbocycles. The van der Waals surface area contributed by atoms with E-state index in [0.29, 0.717) is 32.4 Å². The summed E-state index contributed by atoms with van der Waals surface area (Å²) in [5, 5.41) is 16.2. The second kappa shape index (κ2) is 17.0. The lowest BCUT2D eigenvalue weighted by molar-refractivity contribution is -0.194. The summed E-state index contributed by atoms with van der Waals surface area (Å²) in [5.74, 6) is -0.590. The number of carbonyl (C=O) groups is 3. The highest BCUT2D eigenvalue weighted by atomic mass is 16.6. The number of rotatable bonds is 13. The van der Waals surface area contributed by atoms with Crippen molar-refractivity contribution in [1.29, 1.82) is 0 Å². The van der Waals surface area contributed by atoms with E-state index in [1.165, 1.54) is 13.8 Å². The molecule has 1 fully saturated rings. The number of hydrogen-bond donors (Lipinski definition) is 2. The third-order valence-electron chi connectivity index (χ3n) is 5.89. The first-order chi connectivity index (χ1) is 18.8. The van der Waals surface area contributed by atoms with Gasteiger partial charge in [0.05, 0.1) is 32.5 Å². The van der Waals surface area contributed by atoms with E-state index in [-0.39, 0.29) is 32.3 Å². The van der Waals surface area contributed by atoms with Crippen molar-refractivity contribution in [1.82, 2.24) is 9.80 Å². The highest BCUT2D eigenvalue weighted by molar-refractivity contribution is 6.04. The predicted molar refractivity (Wildman–Crippen MR) is 149 cm³/mol. The smallest absolute Gasteiger partial charge is 0.350 e. The lowest BCUT2D eigenvalue weighted by atomic mass is 9.88. The zero-order chi connectivity index (χ0) is 30.3. The number of aliphatic hydroxyl groups is 2. The molecular formula is C29H46N2O9. The van der Waals surface area contributed by atoms with Crippen LogP contribution >= 0.6 is 0 Å². The van der Waals surface area contributed by atoms with Crippen LogP contribution in [-0.2, 0) is 28.5 Å². The van der Waals surface area contributed by atoms with Gasteiger partial charge in [0.2, 0.25) is 0 Å². The maximum absolute atomic E-state index is 13.1. The van der Waals surface area contributed by atoms with E-state index >= 15 is 0 Å². The molecule has 2 amide bonds. The number of terminal acetylenes is 1. The van der Waals surface area contributed by atoms with Gasteiger partial charge in [-0.1, -0.05) is 11.6 Å². The van der Waals surface area contributed by atoms with Crippen molar-refractivity contribution < 1.29 is 43.5 Å². The minimum Gasteiger partial charge on any atom is -0.463 e. The van der Waals surface area contributed by atoms with Gasteiger partial charge in [-0.25, -0.2) is 14.4 Å². The number of urea groups is 1. The van der Waals surface area contributed by atoms with Gasteiger partial charge in [-0.3, -0.25) is 4.90 Å². The van der Waals surface area contributed by atoms with E-state index in [1.54, 1.807) is 37.6 Å². The molecule has 2 N–H and O–H groups in total. The van der Waals surface area contributed by atoms with Gasteiger partial charge < -0.3 is 34.1 Å². The minimum absolute atomic E-state index is 0.0145. The minimum atomic E-state index is -1.95. The van der Waals surface area contributed by atoms with Gasteiger partial charge >= 0.3 is 18.0 Å². The van der Waals surface area contributed by atoms with Gasteiger partial charge in [0.1, 0.15) is 0 Å². The van der Waals surface area contributed by atoms with E-state index in [9.17, 15) is 14.4 Å². The van der Waals surface area contributed by atoms with Crippen molar-refractivity contribution in [2.24, 2.45) is 0 Å². The Kier molecular flexibility index (Phi) is 14.9. The molecule has 0 spiro atoms. The maximum atomic E-state index is 13.1. The largest absolute Gasteiger partial charge is 0.463 e. The first-order valence-electron chi connectivity index (χ1n) is 13.7. The van der Waals surface area contributed by atoms with Crippen molar-refractivity contribution in [3.05, 3.63) is 23.4 Å². The summed E-state index contributed by atoms with van der Waals surface area (Å²) >= 11 is 0. The van der Waals surface area contributed by atoms with Crippen LogP contribution in [0.3, 0.4) is 0 Å². The maximum Gasteiger partial charge on any atom is 0.350 e. The second-order valence-electron chi connectivity index (χ2n) is 10.1. The summed E-state index contributed by atoms with van der Waals surface area (Å²) in [6.07, 6.45) is 11.1. The van der Waals surface area contributed by atoms with Crippen LogP contribution in [0.15, 0.2) is 23.4 Å². The molecule has 40 heavy (non-hydrogen) atoms. The van der Waals surface area contributed by atoms with Crippen LogP contribution in [-0.4, -0.2) is 102 Å². The summed E-state index contributed by atoms with van der Waals surface area (Å²) in [5.41, 5.74) is -0.207. The van der Waals surface area contributed by atoms with Crippen LogP contribution in [0.2, 0.25) is 0 Å². The molecule has 0 aromatic rings. The Bertz CT molecular complexity index is 922. The zero-order valence-corrected chi connectivity index (χ0v) is 24.7. The highest BCUT2D eigenvalue weighted by Crippen LogP contribution is 2.32. The Hall–Kier alpha value is -2.91. The molecule has 0 aromatic carbocycles. The van der Waals surface area contributed by atoms with Crippen molar-refractivity contribution in [3.8, 4) is 12.3 Å². The molecule has 1 heterocycles. The molecule has 0 saturated carbocycles. The normalized spacial score (nSPS) is 16.6. The van der Waals surface area contributed by atoms with Crippen LogP contribution in [0.5, 0.6) is 0 Å². The number of ether oxygens (including phenoxy) is 4. The van der Waals surface area contributed by atoms with E-state index in [2.05, 4.69) is 5.92 Å². The Morgan fingerprint density at radius 1 is 1.10 bits per heavy atom. The molecule has 0 radical (unpaired) electrons. The van der Waals surface area contributed by atoms with Gasteiger partial charge in [0.25, 0.3) is 5.60 Å². The van der Waals surface area contributed by atoms with Gasteiger partial charge in [0, 0.05) is 38.7 Å². The van der Waals surface area contributed by atoms with Crippen molar-refractivity contribution in [2.75, 3.05) is 46.6 Å². The van der Waals surface area contributed by atoms with Crippen LogP contribution < -0.4 is 0 Å². The summed E-state index contributed by atoms with van der Waals surface area (Å²) in [6.45, 7) is 9.63. The Balaban J connectivity index is 0.00000146. The third kappa shape index (κ3) is 11.7. The monoisotopic (exact) mass is 566 g/mol. The summed E-state index contributed by atoms with van der Waals surface area (Å²) in [6, 6.07) is -0.0195. The molecule has 1 saturated heterocycles. The first kappa shape index (κ1) is 35.1. The van der Waals surface area contributed by atoms with Crippen molar-refractivity contribution in [3.63, 3.8) is 0 Å². The van der Waals surface area contributed by atoms with Crippen LogP contribution in [0.25, 0.3) is 0 Å². The van der Waals surface area contributed by atoms with E-state index < -0.39 is 29.4 Å². The third-order valence-corrected chi connectivity index (χ3v) is 5.89. The molecule has 2 aliphatic rings. The molecule has 0 bridgehead atoms. The summed E-state index contributed by atoms with van der Waals surface area (Å²) in [4.78, 5) is 42.2. The molecular weight excluding hydrogens is 520 g/mol. The van der Waals surface area contributed by atoms with Crippen LogP contribution in [0.1, 0.15) is 66.7 Å². The quantitative estimate of drug-likeness (QED) is 0.113. The standard InChI is InChI=1S/C26H38N2O7.C3H8O2/c1-6-9-17-34-20(4)19-35-26(23(29)32-7-2,24(30)33-8-3)18-21-11-13-22(14-12-21)28-16-10-15-27(5)25(28)31;1-3(2,4)5/h1,11,13,20H,7-10,12,14-19H2,2-5H3;4-5H,1-2H3. The number of amides is 2. The molecule has 1 atom stereocenters. The van der Waals surface area contributed by atoms with E-state index in [4.69, 9.17) is 35.6 Å². The molecule has 11 heteroatoms. The topological polar surface area (TPSA) is 135 Å². The molecule has 1 aliphatic heterocycles. The molecule has 1 unspecified atom stereocenters. The van der Waals surface area contributed by atoms with E-state index in [1.807, 2.05) is 12.2 Å². The first-order valence-corrected chi connectivity index (χ1v) is 13.7. The number of carbonyl (C=O) groups excluding carboxylic acids is 3. The predicted octanol–water partition coefficient (Wildman–Crippen LogP) is 2.76. The SMILES string of the molecule is C#CCCOC(C)COC(CC1=CC=C(N2CCCN(C)C2=O)CC1)(C(=O)OCC)C(=O)OCC.CC(C)(O)O. The molecule has 2 rings (SSSR count). The van der Waals surface area contributed by atoms with Gasteiger partial charge in [-0.05, 0) is 60.0 Å². The molecule has 11 nitrogen and oxygen atoms in total. The fraction of sp³-hybridized carbons (Fsp3) is 0.690. The van der Waals surface area contributed by atoms with Gasteiger partial charge in [-0.2, -0.15) is 0 Å². The lowest BCUT2D eigenvalue weighted by Crippen LogP contribution is -2.52. The zero-order valence-electron chi connectivity index (χ0n) is 24.7. The fourth-order valence-electron chi connectivity index (χ4n) is 4.01. The Morgan fingerprint density at radius 3 is 2.20 bits per heavy atom. The second-order valence-corrected chi connectivity index (χ2v) is 10.1. The number of allylic oxidation sites excluding steroid dienone is 3.